The Bertz CT molecular complexity index is 666. The fourth-order valence-electron chi connectivity index (χ4n) is 1.47. The van der Waals surface area contributed by atoms with Crippen molar-refractivity contribution in [1.29, 1.82) is 0 Å². The Morgan fingerprint density at radius 1 is 0.950 bits per heavy atom. The minimum absolute atomic E-state index is 0.0696. The van der Waals surface area contributed by atoms with Gasteiger partial charge in [-0.25, -0.2) is 18.0 Å². The highest BCUT2D eigenvalue weighted by atomic mass is 19.2. The van der Waals surface area contributed by atoms with E-state index >= 15 is 0 Å². The van der Waals surface area contributed by atoms with Crippen LogP contribution in [0.2, 0.25) is 0 Å². The van der Waals surface area contributed by atoms with Crippen molar-refractivity contribution in [1.82, 2.24) is 0 Å². The minimum atomic E-state index is -2.03. The maximum Gasteiger partial charge on any atom is 0.343 e. The van der Waals surface area contributed by atoms with Gasteiger partial charge in [0.2, 0.25) is 11.6 Å². The summed E-state index contributed by atoms with van der Waals surface area (Å²) in [5.74, 6) is -9.41. The molecule has 2 rings (SSSR count). The van der Waals surface area contributed by atoms with E-state index in [-0.39, 0.29) is 11.6 Å². The number of aryl methyl sites for hydroxylation is 1. The Labute approximate surface area is 111 Å². The molecule has 0 atom stereocenters. The molecule has 2 aromatic carbocycles. The number of carbonyl (C=O) groups is 1. The van der Waals surface area contributed by atoms with Gasteiger partial charge in [0.15, 0.2) is 17.4 Å². The van der Waals surface area contributed by atoms with Crippen molar-refractivity contribution < 1.29 is 27.1 Å². The Kier molecular flexibility index (Phi) is 3.74. The first kappa shape index (κ1) is 14.0. The second-order valence-corrected chi connectivity index (χ2v) is 4.05. The maximum atomic E-state index is 13.3. The zero-order valence-electron chi connectivity index (χ0n) is 10.2. The van der Waals surface area contributed by atoms with Gasteiger partial charge in [-0.1, -0.05) is 17.7 Å². The molecule has 6 heteroatoms. The Morgan fingerprint density at radius 3 is 2.15 bits per heavy atom. The van der Waals surface area contributed by atoms with E-state index in [4.69, 9.17) is 0 Å². The number of rotatable bonds is 2. The Hall–Kier alpha value is -2.37. The van der Waals surface area contributed by atoms with Gasteiger partial charge in [-0.05, 0) is 19.1 Å². The smallest absolute Gasteiger partial charge is 0.343 e. The first-order valence-corrected chi connectivity index (χ1v) is 5.52. The summed E-state index contributed by atoms with van der Waals surface area (Å²) in [6.07, 6.45) is 0. The van der Waals surface area contributed by atoms with Crippen LogP contribution in [0.1, 0.15) is 15.9 Å². The van der Waals surface area contributed by atoms with E-state index < -0.39 is 35.0 Å². The normalized spacial score (nSPS) is 10.4. The highest BCUT2D eigenvalue weighted by molar-refractivity contribution is 5.91. The molecule has 104 valence electrons. The molecule has 0 aliphatic heterocycles. The van der Waals surface area contributed by atoms with Crippen LogP contribution in [0, 0.1) is 30.2 Å². The van der Waals surface area contributed by atoms with Crippen LogP contribution in [0.25, 0.3) is 0 Å². The molecular formula is C14H8F4O2. The van der Waals surface area contributed by atoms with Crippen LogP contribution in [0.15, 0.2) is 30.3 Å². The van der Waals surface area contributed by atoms with Gasteiger partial charge in [-0.15, -0.1) is 0 Å². The quantitative estimate of drug-likeness (QED) is 0.276. The topological polar surface area (TPSA) is 26.3 Å². The van der Waals surface area contributed by atoms with Crippen LogP contribution in [0.5, 0.6) is 5.75 Å². The van der Waals surface area contributed by atoms with E-state index in [9.17, 15) is 22.4 Å². The van der Waals surface area contributed by atoms with Crippen LogP contribution in [-0.4, -0.2) is 5.97 Å². The second-order valence-electron chi connectivity index (χ2n) is 4.05. The predicted octanol–water partition coefficient (Wildman–Crippen LogP) is 3.77. The lowest BCUT2D eigenvalue weighted by atomic mass is 10.1. The molecule has 0 radical (unpaired) electrons. The lowest BCUT2D eigenvalue weighted by molar-refractivity contribution is 0.0725. The molecule has 0 fully saturated rings. The second kappa shape index (κ2) is 5.32. The third kappa shape index (κ3) is 2.64. The van der Waals surface area contributed by atoms with E-state index in [2.05, 4.69) is 4.74 Å². The van der Waals surface area contributed by atoms with E-state index in [1.807, 2.05) is 0 Å². The Morgan fingerprint density at radius 2 is 1.55 bits per heavy atom. The lowest BCUT2D eigenvalue weighted by Crippen LogP contribution is -2.11. The Balaban J connectivity index is 2.31. The van der Waals surface area contributed by atoms with E-state index in [1.54, 1.807) is 19.1 Å². The molecule has 0 aliphatic carbocycles. The lowest BCUT2D eigenvalue weighted by Gasteiger charge is -2.07. The van der Waals surface area contributed by atoms with Crippen molar-refractivity contribution in [3.8, 4) is 5.75 Å². The molecule has 20 heavy (non-hydrogen) atoms. The summed E-state index contributed by atoms with van der Waals surface area (Å²) in [4.78, 5) is 11.7. The number of halogens is 4. The largest absolute Gasteiger partial charge is 0.420 e. The van der Waals surface area contributed by atoms with Gasteiger partial charge in [0.25, 0.3) is 0 Å². The van der Waals surface area contributed by atoms with Crippen LogP contribution < -0.4 is 4.74 Å². The maximum absolute atomic E-state index is 13.3. The third-order valence-electron chi connectivity index (χ3n) is 2.56. The standard InChI is InChI=1S/C14H8F4O2/c1-7-2-4-8(5-3-7)14(19)20-10-6-9(15)11(16)13(18)12(10)17/h2-6H,1H3. The van der Waals surface area contributed by atoms with Crippen LogP contribution in [0.4, 0.5) is 17.6 Å². The van der Waals surface area contributed by atoms with Gasteiger partial charge in [0.05, 0.1) is 5.56 Å². The van der Waals surface area contributed by atoms with Gasteiger partial charge in [0.1, 0.15) is 0 Å². The minimum Gasteiger partial charge on any atom is -0.420 e. The molecule has 0 bridgehead atoms. The van der Waals surface area contributed by atoms with Crippen LogP contribution in [-0.2, 0) is 0 Å². The first-order chi connectivity index (χ1) is 9.40. The number of carbonyl (C=O) groups excluding carboxylic acids is 1. The number of esters is 1. The first-order valence-electron chi connectivity index (χ1n) is 5.52. The van der Waals surface area contributed by atoms with E-state index in [0.29, 0.717) is 0 Å². The molecule has 0 aliphatic rings. The summed E-state index contributed by atoms with van der Waals surface area (Å²) in [6, 6.07) is 6.31. The van der Waals surface area contributed by atoms with Gasteiger partial charge in [0, 0.05) is 6.07 Å². The van der Waals surface area contributed by atoms with Crippen molar-refractivity contribution in [2.45, 2.75) is 6.92 Å². The van der Waals surface area contributed by atoms with Crippen LogP contribution >= 0.6 is 0 Å². The molecule has 0 unspecified atom stereocenters. The predicted molar refractivity (Wildman–Crippen MR) is 62.4 cm³/mol. The molecule has 0 N–H and O–H groups in total. The molecular weight excluding hydrogens is 276 g/mol. The van der Waals surface area contributed by atoms with Gasteiger partial charge < -0.3 is 4.74 Å². The SMILES string of the molecule is Cc1ccc(C(=O)Oc2cc(F)c(F)c(F)c2F)cc1. The summed E-state index contributed by atoms with van der Waals surface area (Å²) in [7, 11) is 0. The summed E-state index contributed by atoms with van der Waals surface area (Å²) >= 11 is 0. The molecule has 0 saturated heterocycles. The third-order valence-corrected chi connectivity index (χ3v) is 2.56. The molecule has 0 spiro atoms. The summed E-state index contributed by atoms with van der Waals surface area (Å²) in [5, 5.41) is 0. The number of ether oxygens (including phenoxy) is 1. The number of hydrogen-bond acceptors (Lipinski definition) is 2. The zero-order chi connectivity index (χ0) is 14.9. The average molecular weight is 284 g/mol. The fraction of sp³-hybridized carbons (Fsp3) is 0.0714. The zero-order valence-corrected chi connectivity index (χ0v) is 10.2. The average Bonchev–Trinajstić information content (AvgIpc) is 2.43. The van der Waals surface area contributed by atoms with E-state index in [1.165, 1.54) is 12.1 Å². The molecule has 0 heterocycles. The highest BCUT2D eigenvalue weighted by Crippen LogP contribution is 2.25. The van der Waals surface area contributed by atoms with Crippen molar-refractivity contribution in [2.75, 3.05) is 0 Å². The molecule has 0 aromatic heterocycles. The highest BCUT2D eigenvalue weighted by Gasteiger charge is 2.22. The van der Waals surface area contributed by atoms with Crippen molar-refractivity contribution in [3.05, 3.63) is 64.7 Å². The molecule has 0 saturated carbocycles. The summed E-state index contributed by atoms with van der Waals surface area (Å²) in [6.45, 7) is 1.79. The summed E-state index contributed by atoms with van der Waals surface area (Å²) in [5.41, 5.74) is 0.951. The fourth-order valence-corrected chi connectivity index (χ4v) is 1.47. The van der Waals surface area contributed by atoms with Crippen LogP contribution in [0.3, 0.4) is 0 Å². The number of benzene rings is 2. The molecule has 0 amide bonds. The number of hydrogen-bond donors (Lipinski definition) is 0. The molecule has 2 aromatic rings. The van der Waals surface area contributed by atoms with Gasteiger partial charge in [-0.2, -0.15) is 4.39 Å². The van der Waals surface area contributed by atoms with Gasteiger partial charge in [-0.3, -0.25) is 0 Å². The van der Waals surface area contributed by atoms with Crippen molar-refractivity contribution >= 4 is 5.97 Å². The van der Waals surface area contributed by atoms with Gasteiger partial charge >= 0.3 is 5.97 Å². The van der Waals surface area contributed by atoms with Crippen molar-refractivity contribution in [2.24, 2.45) is 0 Å². The van der Waals surface area contributed by atoms with Crippen molar-refractivity contribution in [3.63, 3.8) is 0 Å². The monoisotopic (exact) mass is 284 g/mol. The summed E-state index contributed by atoms with van der Waals surface area (Å²) < 4.78 is 56.5. The molecule has 2 nitrogen and oxygen atoms in total. The van der Waals surface area contributed by atoms with E-state index in [0.717, 1.165) is 5.56 Å².